The van der Waals surface area contributed by atoms with Gasteiger partial charge < -0.3 is 9.84 Å². The molecule has 0 saturated heterocycles. The summed E-state index contributed by atoms with van der Waals surface area (Å²) >= 11 is 7.55. The van der Waals surface area contributed by atoms with Crippen molar-refractivity contribution >= 4 is 22.9 Å². The molecule has 1 unspecified atom stereocenters. The summed E-state index contributed by atoms with van der Waals surface area (Å²) in [6.07, 6.45) is -0.0209. The Bertz CT molecular complexity index is 496. The van der Waals surface area contributed by atoms with Crippen molar-refractivity contribution in [1.82, 2.24) is 0 Å². The maximum atomic E-state index is 10.1. The fraction of sp³-hybridized carbons (Fsp3) is 0.231. The second kappa shape index (κ2) is 5.54. The Hall–Kier alpha value is -1.03. The zero-order chi connectivity index (χ0) is 12.3. The summed E-state index contributed by atoms with van der Waals surface area (Å²) in [6, 6.07) is 9.41. The molecule has 2 rings (SSSR count). The van der Waals surface area contributed by atoms with E-state index in [-0.39, 0.29) is 0 Å². The average molecular weight is 269 g/mol. The van der Waals surface area contributed by atoms with Crippen LogP contribution >= 0.6 is 22.9 Å². The van der Waals surface area contributed by atoms with Crippen LogP contribution < -0.4 is 4.74 Å². The van der Waals surface area contributed by atoms with Gasteiger partial charge in [-0.3, -0.25) is 0 Å². The lowest BCUT2D eigenvalue weighted by atomic mass is 10.1. The Balaban J connectivity index is 2.11. The molecule has 0 aliphatic carbocycles. The van der Waals surface area contributed by atoms with Crippen LogP contribution in [0.25, 0.3) is 0 Å². The highest BCUT2D eigenvalue weighted by atomic mass is 35.5. The SMILES string of the molecule is COc1csc(C(O)Cc2ccccc2Cl)c1. The Kier molecular flexibility index (Phi) is 4.05. The quantitative estimate of drug-likeness (QED) is 0.916. The van der Waals surface area contributed by atoms with Crippen molar-refractivity contribution in [3.63, 3.8) is 0 Å². The molecule has 4 heteroatoms. The molecular formula is C13H13ClO2S. The topological polar surface area (TPSA) is 29.5 Å². The Morgan fingerprint density at radius 2 is 2.18 bits per heavy atom. The zero-order valence-corrected chi connectivity index (χ0v) is 11.0. The fourth-order valence-electron chi connectivity index (χ4n) is 1.59. The lowest BCUT2D eigenvalue weighted by Gasteiger charge is -2.09. The fourth-order valence-corrected chi connectivity index (χ4v) is 2.64. The molecule has 0 saturated carbocycles. The second-order valence-corrected chi connectivity index (χ2v) is 5.05. The van der Waals surface area contributed by atoms with Crippen molar-refractivity contribution in [2.24, 2.45) is 0 Å². The Morgan fingerprint density at radius 1 is 1.41 bits per heavy atom. The summed E-state index contributed by atoms with van der Waals surface area (Å²) in [4.78, 5) is 0.891. The predicted molar refractivity (Wildman–Crippen MR) is 71.0 cm³/mol. The number of halogens is 1. The van der Waals surface area contributed by atoms with Gasteiger partial charge in [-0.25, -0.2) is 0 Å². The molecule has 1 N–H and O–H groups in total. The van der Waals surface area contributed by atoms with Crippen molar-refractivity contribution in [3.8, 4) is 5.75 Å². The zero-order valence-electron chi connectivity index (χ0n) is 9.39. The molecule has 0 fully saturated rings. The molecule has 0 amide bonds. The van der Waals surface area contributed by atoms with Crippen molar-refractivity contribution in [2.45, 2.75) is 12.5 Å². The molecular weight excluding hydrogens is 256 g/mol. The smallest absolute Gasteiger partial charge is 0.129 e. The van der Waals surface area contributed by atoms with E-state index in [1.54, 1.807) is 7.11 Å². The van der Waals surface area contributed by atoms with Crippen molar-refractivity contribution in [1.29, 1.82) is 0 Å². The van der Waals surface area contributed by atoms with E-state index >= 15 is 0 Å². The lowest BCUT2D eigenvalue weighted by Crippen LogP contribution is -2.00. The standard InChI is InChI=1S/C13H13ClO2S/c1-16-10-7-13(17-8-10)12(15)6-9-4-2-3-5-11(9)14/h2-5,7-8,12,15H,6H2,1H3. The highest BCUT2D eigenvalue weighted by Gasteiger charge is 2.13. The van der Waals surface area contributed by atoms with E-state index in [4.69, 9.17) is 16.3 Å². The molecule has 0 radical (unpaired) electrons. The number of aliphatic hydroxyl groups is 1. The maximum Gasteiger partial charge on any atom is 0.129 e. The van der Waals surface area contributed by atoms with Crippen LogP contribution in [0.5, 0.6) is 5.75 Å². The van der Waals surface area contributed by atoms with E-state index in [1.165, 1.54) is 11.3 Å². The molecule has 2 aromatic rings. The third-order valence-electron chi connectivity index (χ3n) is 2.53. The molecule has 1 atom stereocenters. The molecule has 17 heavy (non-hydrogen) atoms. The van der Waals surface area contributed by atoms with Gasteiger partial charge in [0, 0.05) is 21.7 Å². The summed E-state index contributed by atoms with van der Waals surface area (Å²) in [6.45, 7) is 0. The molecule has 0 bridgehead atoms. The van der Waals surface area contributed by atoms with Gasteiger partial charge in [-0.1, -0.05) is 29.8 Å². The molecule has 1 heterocycles. The van der Waals surface area contributed by atoms with Gasteiger partial charge in [0.25, 0.3) is 0 Å². The number of ether oxygens (including phenoxy) is 1. The third-order valence-corrected chi connectivity index (χ3v) is 3.91. The Morgan fingerprint density at radius 3 is 2.82 bits per heavy atom. The van der Waals surface area contributed by atoms with E-state index in [9.17, 15) is 5.11 Å². The maximum absolute atomic E-state index is 10.1. The number of thiophene rings is 1. The summed E-state index contributed by atoms with van der Waals surface area (Å²) in [7, 11) is 1.62. The predicted octanol–water partition coefficient (Wildman–Crippen LogP) is 3.69. The second-order valence-electron chi connectivity index (χ2n) is 3.70. The molecule has 0 aliphatic rings. The van der Waals surface area contributed by atoms with Crippen LogP contribution in [0.2, 0.25) is 5.02 Å². The van der Waals surface area contributed by atoms with Gasteiger partial charge in [0.1, 0.15) is 5.75 Å². The normalized spacial score (nSPS) is 12.4. The molecule has 0 aliphatic heterocycles. The summed E-state index contributed by atoms with van der Waals surface area (Å²) < 4.78 is 5.09. The summed E-state index contributed by atoms with van der Waals surface area (Å²) in [5, 5.41) is 12.7. The summed E-state index contributed by atoms with van der Waals surface area (Å²) in [5.41, 5.74) is 0.953. The minimum Gasteiger partial charge on any atom is -0.496 e. The minimum absolute atomic E-state index is 0.517. The summed E-state index contributed by atoms with van der Waals surface area (Å²) in [5.74, 6) is 0.781. The van der Waals surface area contributed by atoms with Gasteiger partial charge in [0.15, 0.2) is 0 Å². The molecule has 0 spiro atoms. The Labute approximate surface area is 109 Å². The van der Waals surface area contributed by atoms with Crippen LogP contribution in [0.1, 0.15) is 16.5 Å². The number of hydrogen-bond donors (Lipinski definition) is 1. The highest BCUT2D eigenvalue weighted by molar-refractivity contribution is 7.10. The van der Waals surface area contributed by atoms with Crippen LogP contribution in [0.3, 0.4) is 0 Å². The van der Waals surface area contributed by atoms with Crippen LogP contribution in [0, 0.1) is 0 Å². The highest BCUT2D eigenvalue weighted by Crippen LogP contribution is 2.30. The van der Waals surface area contributed by atoms with Crippen LogP contribution in [0.4, 0.5) is 0 Å². The number of benzene rings is 1. The van der Waals surface area contributed by atoms with E-state index in [0.717, 1.165) is 16.2 Å². The first kappa shape index (κ1) is 12.4. The number of rotatable bonds is 4. The molecule has 1 aromatic carbocycles. The van der Waals surface area contributed by atoms with Crippen LogP contribution in [0.15, 0.2) is 35.7 Å². The minimum atomic E-state index is -0.538. The van der Waals surface area contributed by atoms with Gasteiger partial charge in [-0.2, -0.15) is 0 Å². The first-order valence-electron chi connectivity index (χ1n) is 5.24. The largest absolute Gasteiger partial charge is 0.496 e. The van der Waals surface area contributed by atoms with Gasteiger partial charge in [0.05, 0.1) is 13.2 Å². The van der Waals surface area contributed by atoms with E-state index in [2.05, 4.69) is 0 Å². The molecule has 90 valence electrons. The number of aliphatic hydroxyl groups excluding tert-OH is 1. The third kappa shape index (κ3) is 3.00. The van der Waals surface area contributed by atoms with Gasteiger partial charge in [-0.05, 0) is 17.7 Å². The van der Waals surface area contributed by atoms with E-state index in [1.807, 2.05) is 35.7 Å². The van der Waals surface area contributed by atoms with Crippen molar-refractivity contribution < 1.29 is 9.84 Å². The number of hydrogen-bond acceptors (Lipinski definition) is 3. The molecule has 2 nitrogen and oxygen atoms in total. The monoisotopic (exact) mass is 268 g/mol. The van der Waals surface area contributed by atoms with Gasteiger partial charge >= 0.3 is 0 Å². The van der Waals surface area contributed by atoms with Crippen molar-refractivity contribution in [2.75, 3.05) is 7.11 Å². The van der Waals surface area contributed by atoms with Crippen LogP contribution in [-0.4, -0.2) is 12.2 Å². The average Bonchev–Trinajstić information content (AvgIpc) is 2.81. The van der Waals surface area contributed by atoms with Gasteiger partial charge in [0.2, 0.25) is 0 Å². The van der Waals surface area contributed by atoms with Crippen LogP contribution in [-0.2, 0) is 6.42 Å². The van der Waals surface area contributed by atoms with E-state index in [0.29, 0.717) is 11.4 Å². The van der Waals surface area contributed by atoms with E-state index < -0.39 is 6.10 Å². The lowest BCUT2D eigenvalue weighted by molar-refractivity contribution is 0.182. The van der Waals surface area contributed by atoms with Crippen molar-refractivity contribution in [3.05, 3.63) is 51.2 Å². The van der Waals surface area contributed by atoms with Gasteiger partial charge in [-0.15, -0.1) is 11.3 Å². The first-order valence-corrected chi connectivity index (χ1v) is 6.50. The molecule has 1 aromatic heterocycles. The number of methoxy groups -OCH3 is 1. The first-order chi connectivity index (χ1) is 8.20.